The molecule has 0 atom stereocenters. The second kappa shape index (κ2) is 9.88. The third kappa shape index (κ3) is 5.63. The van der Waals surface area contributed by atoms with Gasteiger partial charge in [0.05, 0.1) is 24.4 Å². The Balaban J connectivity index is 1.91. The van der Waals surface area contributed by atoms with Gasteiger partial charge in [-0.1, -0.05) is 6.92 Å². The van der Waals surface area contributed by atoms with Crippen LogP contribution in [0.15, 0.2) is 28.6 Å². The van der Waals surface area contributed by atoms with Crippen molar-refractivity contribution in [2.24, 2.45) is 4.99 Å². The topological polar surface area (TPSA) is 67.8 Å². The average Bonchev–Trinajstić information content (AvgIpc) is 3.09. The first kappa shape index (κ1) is 19.1. The van der Waals surface area contributed by atoms with Crippen molar-refractivity contribution in [3.8, 4) is 11.5 Å². The van der Waals surface area contributed by atoms with Crippen LogP contribution >= 0.6 is 11.3 Å². The molecule has 2 rings (SSSR count). The molecule has 0 saturated heterocycles. The summed E-state index contributed by atoms with van der Waals surface area (Å²) >= 11 is 1.72. The van der Waals surface area contributed by atoms with Crippen molar-refractivity contribution in [2.45, 2.75) is 26.7 Å². The highest BCUT2D eigenvalue weighted by Gasteiger charge is 2.07. The maximum atomic E-state index is 5.60. The Morgan fingerprint density at radius 1 is 1.28 bits per heavy atom. The van der Waals surface area contributed by atoms with Gasteiger partial charge < -0.3 is 20.1 Å². The molecule has 0 fully saturated rings. The Hall–Kier alpha value is -2.28. The SMILES string of the molecule is CCOc1cc(NC(=NC)NCCc2csc(CC)n2)ccc1OC. The molecular formula is C18H26N4O2S. The molecule has 2 aromatic rings. The maximum absolute atomic E-state index is 5.60. The Bertz CT molecular complexity index is 700. The highest BCUT2D eigenvalue weighted by atomic mass is 32.1. The number of nitrogens with one attached hydrogen (secondary N) is 2. The van der Waals surface area contributed by atoms with E-state index in [1.54, 1.807) is 25.5 Å². The van der Waals surface area contributed by atoms with Gasteiger partial charge >= 0.3 is 0 Å². The number of methoxy groups -OCH3 is 1. The van der Waals surface area contributed by atoms with Gasteiger partial charge in [-0.05, 0) is 25.5 Å². The van der Waals surface area contributed by atoms with Gasteiger partial charge in [0.15, 0.2) is 17.5 Å². The first-order valence-corrected chi connectivity index (χ1v) is 9.29. The molecule has 0 spiro atoms. The van der Waals surface area contributed by atoms with Crippen LogP contribution in [0.5, 0.6) is 11.5 Å². The predicted octanol–water partition coefficient (Wildman–Crippen LogP) is 3.34. The summed E-state index contributed by atoms with van der Waals surface area (Å²) in [6.45, 7) is 5.42. The van der Waals surface area contributed by atoms with Crippen LogP contribution < -0.4 is 20.1 Å². The minimum atomic E-state index is 0.584. The molecule has 0 radical (unpaired) electrons. The molecule has 0 aliphatic carbocycles. The number of rotatable bonds is 8. The predicted molar refractivity (Wildman–Crippen MR) is 104 cm³/mol. The number of guanidine groups is 1. The summed E-state index contributed by atoms with van der Waals surface area (Å²) in [7, 11) is 3.38. The first-order valence-electron chi connectivity index (χ1n) is 8.41. The number of thiazole rings is 1. The van der Waals surface area contributed by atoms with Crippen molar-refractivity contribution in [1.82, 2.24) is 10.3 Å². The average molecular weight is 362 g/mol. The summed E-state index contributed by atoms with van der Waals surface area (Å²) in [6.07, 6.45) is 1.85. The van der Waals surface area contributed by atoms with Crippen LogP contribution in [-0.4, -0.2) is 38.3 Å². The largest absolute Gasteiger partial charge is 0.493 e. The third-order valence-corrected chi connectivity index (χ3v) is 4.57. The van der Waals surface area contributed by atoms with E-state index in [-0.39, 0.29) is 0 Å². The van der Waals surface area contributed by atoms with Crippen LogP contribution in [0, 0.1) is 0 Å². The molecule has 0 aliphatic rings. The second-order valence-corrected chi connectivity index (χ2v) is 6.20. The molecule has 0 saturated carbocycles. The molecule has 2 N–H and O–H groups in total. The summed E-state index contributed by atoms with van der Waals surface area (Å²) in [5, 5.41) is 9.87. The van der Waals surface area contributed by atoms with Crippen molar-refractivity contribution in [3.63, 3.8) is 0 Å². The number of aryl methyl sites for hydroxylation is 1. The molecule has 0 bridgehead atoms. The van der Waals surface area contributed by atoms with E-state index in [1.165, 1.54) is 5.01 Å². The van der Waals surface area contributed by atoms with Crippen molar-refractivity contribution < 1.29 is 9.47 Å². The molecule has 6 nitrogen and oxygen atoms in total. The van der Waals surface area contributed by atoms with E-state index >= 15 is 0 Å². The highest BCUT2D eigenvalue weighted by molar-refractivity contribution is 7.09. The fourth-order valence-corrected chi connectivity index (χ4v) is 3.05. The van der Waals surface area contributed by atoms with Crippen LogP contribution in [0.1, 0.15) is 24.5 Å². The number of ether oxygens (including phenoxy) is 2. The molecule has 0 unspecified atom stereocenters. The number of nitrogens with zero attached hydrogens (tertiary/aromatic N) is 2. The first-order chi connectivity index (χ1) is 12.2. The Labute approximate surface area is 153 Å². The number of hydrogen-bond acceptors (Lipinski definition) is 5. The van der Waals surface area contributed by atoms with E-state index in [1.807, 2.05) is 25.1 Å². The third-order valence-electron chi connectivity index (χ3n) is 3.53. The van der Waals surface area contributed by atoms with Crippen LogP contribution in [0.4, 0.5) is 5.69 Å². The van der Waals surface area contributed by atoms with Gasteiger partial charge in [0, 0.05) is 37.1 Å². The number of aromatic nitrogens is 1. The summed E-state index contributed by atoms with van der Waals surface area (Å²) < 4.78 is 10.9. The fourth-order valence-electron chi connectivity index (χ4n) is 2.27. The molecule has 1 heterocycles. The molecule has 7 heteroatoms. The molecule has 136 valence electrons. The van der Waals surface area contributed by atoms with Gasteiger partial charge in [-0.3, -0.25) is 4.99 Å². The van der Waals surface area contributed by atoms with E-state index in [0.29, 0.717) is 24.1 Å². The zero-order chi connectivity index (χ0) is 18.1. The van der Waals surface area contributed by atoms with Crippen molar-refractivity contribution >= 4 is 23.0 Å². The standard InChI is InChI=1S/C18H26N4O2S/c1-5-17-21-14(12-25-17)9-10-20-18(19-3)22-13-7-8-15(23-4)16(11-13)24-6-2/h7-8,11-12H,5-6,9-10H2,1-4H3,(H2,19,20,22). The smallest absolute Gasteiger partial charge is 0.195 e. The van der Waals surface area contributed by atoms with Gasteiger partial charge in [-0.25, -0.2) is 4.98 Å². The monoisotopic (exact) mass is 362 g/mol. The molecule has 1 aromatic carbocycles. The summed E-state index contributed by atoms with van der Waals surface area (Å²) in [6, 6.07) is 5.72. The quantitative estimate of drug-likeness (QED) is 0.557. The zero-order valence-electron chi connectivity index (χ0n) is 15.3. The van der Waals surface area contributed by atoms with Gasteiger partial charge in [0.1, 0.15) is 0 Å². The number of hydrogen-bond donors (Lipinski definition) is 2. The number of aliphatic imine (C=N–C) groups is 1. The molecular weight excluding hydrogens is 336 g/mol. The van der Waals surface area contributed by atoms with Crippen LogP contribution in [0.25, 0.3) is 0 Å². The van der Waals surface area contributed by atoms with E-state index in [0.717, 1.165) is 30.8 Å². The van der Waals surface area contributed by atoms with E-state index in [4.69, 9.17) is 9.47 Å². The van der Waals surface area contributed by atoms with Gasteiger partial charge in [0.25, 0.3) is 0 Å². The molecule has 25 heavy (non-hydrogen) atoms. The Kier molecular flexibility index (Phi) is 7.53. The van der Waals surface area contributed by atoms with Gasteiger partial charge in [-0.15, -0.1) is 11.3 Å². The molecule has 0 aliphatic heterocycles. The second-order valence-electron chi connectivity index (χ2n) is 5.26. The lowest BCUT2D eigenvalue weighted by molar-refractivity contribution is 0.311. The van der Waals surface area contributed by atoms with Crippen LogP contribution in [-0.2, 0) is 12.8 Å². The van der Waals surface area contributed by atoms with Crippen molar-refractivity contribution in [2.75, 3.05) is 32.6 Å². The maximum Gasteiger partial charge on any atom is 0.195 e. The zero-order valence-corrected chi connectivity index (χ0v) is 16.1. The van der Waals surface area contributed by atoms with Crippen LogP contribution in [0.3, 0.4) is 0 Å². The summed E-state index contributed by atoms with van der Waals surface area (Å²) in [5.74, 6) is 2.13. The lowest BCUT2D eigenvalue weighted by Gasteiger charge is -2.14. The van der Waals surface area contributed by atoms with E-state index in [2.05, 4.69) is 32.9 Å². The normalized spacial score (nSPS) is 11.3. The Morgan fingerprint density at radius 3 is 2.76 bits per heavy atom. The van der Waals surface area contributed by atoms with Crippen molar-refractivity contribution in [1.29, 1.82) is 0 Å². The summed E-state index contributed by atoms with van der Waals surface area (Å²) in [5.41, 5.74) is 2.01. The minimum absolute atomic E-state index is 0.584. The van der Waals surface area contributed by atoms with E-state index < -0.39 is 0 Å². The minimum Gasteiger partial charge on any atom is -0.493 e. The van der Waals surface area contributed by atoms with Crippen molar-refractivity contribution in [3.05, 3.63) is 34.3 Å². The lowest BCUT2D eigenvalue weighted by atomic mass is 10.2. The molecule has 0 amide bonds. The summed E-state index contributed by atoms with van der Waals surface area (Å²) in [4.78, 5) is 8.83. The van der Waals surface area contributed by atoms with Gasteiger partial charge in [-0.2, -0.15) is 0 Å². The van der Waals surface area contributed by atoms with Crippen LogP contribution in [0.2, 0.25) is 0 Å². The molecule has 1 aromatic heterocycles. The Morgan fingerprint density at radius 2 is 2.12 bits per heavy atom. The highest BCUT2D eigenvalue weighted by Crippen LogP contribution is 2.30. The number of benzene rings is 1. The number of anilines is 1. The van der Waals surface area contributed by atoms with E-state index in [9.17, 15) is 0 Å². The van der Waals surface area contributed by atoms with Gasteiger partial charge in [0.2, 0.25) is 0 Å². The fraction of sp³-hybridized carbons (Fsp3) is 0.444. The lowest BCUT2D eigenvalue weighted by Crippen LogP contribution is -2.32.